The van der Waals surface area contributed by atoms with E-state index in [4.69, 9.17) is 61.9 Å². The third-order valence-electron chi connectivity index (χ3n) is 7.25. The van der Waals surface area contributed by atoms with Gasteiger partial charge in [0.25, 0.3) is 0 Å². The van der Waals surface area contributed by atoms with Gasteiger partial charge in [-0.3, -0.25) is 19.2 Å². The average molecular weight is 844 g/mol. The van der Waals surface area contributed by atoms with Gasteiger partial charge in [0, 0.05) is 20.0 Å². The zero-order chi connectivity index (χ0) is 42.9. The molecule has 3 atom stereocenters. The number of amides is 3. The summed E-state index contributed by atoms with van der Waals surface area (Å²) in [4.78, 5) is 59.2. The van der Waals surface area contributed by atoms with Gasteiger partial charge in [-0.15, -0.1) is 0 Å². The van der Waals surface area contributed by atoms with E-state index in [1.165, 1.54) is 20.8 Å². The second kappa shape index (κ2) is 40.8. The van der Waals surface area contributed by atoms with E-state index in [1.807, 2.05) is 0 Å². The predicted molar refractivity (Wildman–Crippen MR) is 206 cm³/mol. The highest BCUT2D eigenvalue weighted by Crippen LogP contribution is 1.97. The van der Waals surface area contributed by atoms with Crippen LogP contribution < -0.4 is 16.0 Å². The SMILES string of the molecule is COCCOCCOCCOCCOCCOCCOCCOCCOCCOCCOCCOCCC(=O)N[C@@H](C)C(=O)N[C@@H](C)C(=O)N[C@@H](CC(C)=O)C(=O)O. The molecule has 3 amide bonds. The van der Waals surface area contributed by atoms with Crippen LogP contribution in [-0.4, -0.2) is 212 Å². The van der Waals surface area contributed by atoms with Crippen LogP contribution in [0.25, 0.3) is 0 Å². The number of methoxy groups -OCH3 is 1. The molecule has 21 nitrogen and oxygen atoms in total. The number of rotatable bonds is 44. The van der Waals surface area contributed by atoms with Crippen molar-refractivity contribution in [3.05, 3.63) is 0 Å². The Morgan fingerprint density at radius 3 is 1.00 bits per heavy atom. The molecule has 0 saturated carbocycles. The predicted octanol–water partition coefficient (Wildman–Crippen LogP) is -1.24. The molecule has 21 heteroatoms. The van der Waals surface area contributed by atoms with E-state index in [-0.39, 0.29) is 26.1 Å². The van der Waals surface area contributed by atoms with Gasteiger partial charge in [0.1, 0.15) is 23.9 Å². The lowest BCUT2D eigenvalue weighted by Crippen LogP contribution is -2.54. The topological polar surface area (TPSA) is 252 Å². The van der Waals surface area contributed by atoms with Crippen molar-refractivity contribution in [3.63, 3.8) is 0 Å². The van der Waals surface area contributed by atoms with Crippen molar-refractivity contribution < 1.29 is 85.9 Å². The van der Waals surface area contributed by atoms with Crippen molar-refractivity contribution in [1.82, 2.24) is 16.0 Å². The number of carbonyl (C=O) groups excluding carboxylic acids is 4. The molecule has 340 valence electrons. The largest absolute Gasteiger partial charge is 0.480 e. The van der Waals surface area contributed by atoms with Crippen LogP contribution in [0.15, 0.2) is 0 Å². The first-order valence-corrected chi connectivity index (χ1v) is 19.5. The summed E-state index contributed by atoms with van der Waals surface area (Å²) in [7, 11) is 1.63. The number of ether oxygens (including phenoxy) is 12. The quantitative estimate of drug-likeness (QED) is 0.0524. The van der Waals surface area contributed by atoms with Crippen LogP contribution in [0.4, 0.5) is 0 Å². The van der Waals surface area contributed by atoms with Crippen molar-refractivity contribution in [1.29, 1.82) is 0 Å². The molecule has 0 heterocycles. The Bertz CT molecular complexity index is 1040. The highest BCUT2D eigenvalue weighted by molar-refractivity contribution is 5.94. The lowest BCUT2D eigenvalue weighted by molar-refractivity contribution is -0.143. The van der Waals surface area contributed by atoms with Gasteiger partial charge in [0.2, 0.25) is 17.7 Å². The van der Waals surface area contributed by atoms with Gasteiger partial charge in [-0.1, -0.05) is 0 Å². The van der Waals surface area contributed by atoms with Gasteiger partial charge < -0.3 is 77.9 Å². The summed E-state index contributed by atoms with van der Waals surface area (Å²) in [5, 5.41) is 16.3. The maximum Gasteiger partial charge on any atom is 0.326 e. The van der Waals surface area contributed by atoms with E-state index in [0.29, 0.717) is 139 Å². The maximum atomic E-state index is 12.4. The number of ketones is 1. The zero-order valence-corrected chi connectivity index (χ0v) is 34.8. The van der Waals surface area contributed by atoms with E-state index in [0.717, 1.165) is 0 Å². The maximum absolute atomic E-state index is 12.4. The van der Waals surface area contributed by atoms with E-state index in [1.54, 1.807) is 7.11 Å². The number of nitrogens with one attached hydrogen (secondary N) is 3. The molecule has 58 heavy (non-hydrogen) atoms. The van der Waals surface area contributed by atoms with Crippen LogP contribution in [0.1, 0.15) is 33.6 Å². The molecule has 0 aromatic heterocycles. The second-order valence-corrected chi connectivity index (χ2v) is 12.3. The third-order valence-corrected chi connectivity index (χ3v) is 7.25. The minimum atomic E-state index is -1.41. The molecule has 0 saturated heterocycles. The normalized spacial score (nSPS) is 12.8. The molecular weight excluding hydrogens is 774 g/mol. The van der Waals surface area contributed by atoms with Crippen molar-refractivity contribution >= 4 is 29.5 Å². The van der Waals surface area contributed by atoms with Crippen molar-refractivity contribution in [3.8, 4) is 0 Å². The van der Waals surface area contributed by atoms with Gasteiger partial charge in [0.05, 0.1) is 152 Å². The Morgan fingerprint density at radius 1 is 0.431 bits per heavy atom. The van der Waals surface area contributed by atoms with Crippen LogP contribution in [0.5, 0.6) is 0 Å². The first kappa shape index (κ1) is 55.1. The van der Waals surface area contributed by atoms with Crippen LogP contribution in [0.2, 0.25) is 0 Å². The Labute approximate surface area is 341 Å². The molecule has 0 spiro atoms. The molecular formula is C37H69N3O18. The fraction of sp³-hybridized carbons (Fsp3) is 0.865. The number of carboxylic acids is 1. The number of Topliss-reactive ketones (excluding diaryl/α,β-unsaturated/α-hetero) is 1. The molecule has 4 N–H and O–H groups in total. The molecule has 0 aliphatic carbocycles. The first-order valence-electron chi connectivity index (χ1n) is 19.5. The standard InChI is InChI=1S/C37H69N3O18/c1-30(41)29-33(37(45)46)40-36(44)32(3)39-35(43)31(2)38-34(42)5-6-48-9-10-50-13-14-52-17-18-54-21-22-56-25-26-58-28-27-57-24-23-55-20-19-53-16-15-51-12-11-49-8-7-47-4/h31-33H,5-29H2,1-4H3,(H,38,42)(H,39,43)(H,40,44)(H,45,46)/t31-,32-,33-/m0/s1. The zero-order valence-electron chi connectivity index (χ0n) is 34.8. The summed E-state index contributed by atoms with van der Waals surface area (Å²) in [5.41, 5.74) is 0. The highest BCUT2D eigenvalue weighted by Gasteiger charge is 2.26. The van der Waals surface area contributed by atoms with E-state index in [2.05, 4.69) is 16.0 Å². The summed E-state index contributed by atoms with van der Waals surface area (Å²) in [6.07, 6.45) is -0.385. The summed E-state index contributed by atoms with van der Waals surface area (Å²) in [6.45, 7) is 14.2. The smallest absolute Gasteiger partial charge is 0.326 e. The molecule has 0 rings (SSSR count). The number of hydrogen-bond acceptors (Lipinski definition) is 17. The summed E-state index contributed by atoms with van der Waals surface area (Å²) >= 11 is 0. The van der Waals surface area contributed by atoms with Gasteiger partial charge in [0.15, 0.2) is 0 Å². The molecule has 0 fully saturated rings. The number of carboxylic acid groups (broad SMARTS) is 1. The second-order valence-electron chi connectivity index (χ2n) is 12.3. The number of carbonyl (C=O) groups is 5. The van der Waals surface area contributed by atoms with Crippen LogP contribution >= 0.6 is 0 Å². The Hall–Kier alpha value is -2.93. The number of hydrogen-bond donors (Lipinski definition) is 4. The Kier molecular flexibility index (Phi) is 38.8. The summed E-state index contributed by atoms with van der Waals surface area (Å²) < 4.78 is 64.6. The lowest BCUT2D eigenvalue weighted by Gasteiger charge is -2.20. The molecule has 0 bridgehead atoms. The van der Waals surface area contributed by atoms with E-state index in [9.17, 15) is 24.0 Å². The average Bonchev–Trinajstić information content (AvgIpc) is 3.18. The summed E-state index contributed by atoms with van der Waals surface area (Å²) in [6, 6.07) is -3.47. The van der Waals surface area contributed by atoms with Crippen molar-refractivity contribution in [2.75, 3.05) is 159 Å². The van der Waals surface area contributed by atoms with Crippen LogP contribution in [0.3, 0.4) is 0 Å². The first-order chi connectivity index (χ1) is 28.1. The van der Waals surface area contributed by atoms with Crippen LogP contribution in [0, 0.1) is 0 Å². The van der Waals surface area contributed by atoms with Gasteiger partial charge in [-0.05, 0) is 20.8 Å². The van der Waals surface area contributed by atoms with E-state index < -0.39 is 47.6 Å². The highest BCUT2D eigenvalue weighted by atomic mass is 16.6. The summed E-state index contributed by atoms with van der Waals surface area (Å²) in [5.74, 6) is -3.64. The minimum Gasteiger partial charge on any atom is -0.480 e. The Morgan fingerprint density at radius 2 is 0.707 bits per heavy atom. The molecule has 0 radical (unpaired) electrons. The van der Waals surface area contributed by atoms with Gasteiger partial charge in [-0.2, -0.15) is 0 Å². The molecule has 0 aliphatic rings. The van der Waals surface area contributed by atoms with Gasteiger partial charge in [-0.25, -0.2) is 4.79 Å². The van der Waals surface area contributed by atoms with E-state index >= 15 is 0 Å². The van der Waals surface area contributed by atoms with Crippen LogP contribution in [-0.2, 0) is 80.8 Å². The number of aliphatic carboxylic acids is 1. The van der Waals surface area contributed by atoms with Crippen molar-refractivity contribution in [2.24, 2.45) is 0 Å². The van der Waals surface area contributed by atoms with Gasteiger partial charge >= 0.3 is 5.97 Å². The fourth-order valence-electron chi connectivity index (χ4n) is 4.18. The lowest BCUT2D eigenvalue weighted by atomic mass is 10.1. The minimum absolute atomic E-state index is 0.00191. The molecule has 0 aromatic rings. The third kappa shape index (κ3) is 37.3. The molecule has 0 aromatic carbocycles. The van der Waals surface area contributed by atoms with Crippen molar-refractivity contribution in [2.45, 2.75) is 51.7 Å². The molecule has 0 aliphatic heterocycles. The molecule has 0 unspecified atom stereocenters. The monoisotopic (exact) mass is 843 g/mol. The Balaban J connectivity index is 3.44. The fourth-order valence-corrected chi connectivity index (χ4v) is 4.18.